The standard InChI is InChI=1S/C8H19NO3.C6H13NO3.C5H12O2/c1-2-8(12)7-9(3-5-10)4-6-11;1-2-5(8)3-7-4-6(9)10;6-4-2-1-3-5-7/h8,10-12H,2-7H2,1H3;5,7-8H,2-4H2,1H3,(H,9,10);6-7H,1-5H2. The lowest BCUT2D eigenvalue weighted by Crippen LogP contribution is -2.36. The zero-order chi connectivity index (χ0) is 22.9. The molecule has 2 atom stereocenters. The Morgan fingerprint density at radius 3 is 1.66 bits per heavy atom. The van der Waals surface area contributed by atoms with Crippen molar-refractivity contribution in [3.8, 4) is 0 Å². The van der Waals surface area contributed by atoms with Crippen LogP contribution in [0.3, 0.4) is 0 Å². The Labute approximate surface area is 174 Å². The zero-order valence-electron chi connectivity index (χ0n) is 18.0. The number of hydrogen-bond acceptors (Lipinski definition) is 9. The highest BCUT2D eigenvalue weighted by atomic mass is 16.4. The topological polar surface area (TPSA) is 174 Å². The molecule has 0 bridgehead atoms. The first-order chi connectivity index (χ1) is 13.8. The SMILES string of the molecule is CCC(O)CN(CCO)CCO.CCC(O)CNCC(=O)O.OCCCCCO. The van der Waals surface area contributed by atoms with Gasteiger partial charge >= 0.3 is 5.97 Å². The average Bonchev–Trinajstić information content (AvgIpc) is 2.69. The Morgan fingerprint density at radius 1 is 0.828 bits per heavy atom. The van der Waals surface area contributed by atoms with E-state index >= 15 is 0 Å². The van der Waals surface area contributed by atoms with Gasteiger partial charge in [-0.1, -0.05) is 13.8 Å². The molecule has 178 valence electrons. The van der Waals surface area contributed by atoms with Gasteiger partial charge in [0.2, 0.25) is 0 Å². The van der Waals surface area contributed by atoms with Crippen molar-refractivity contribution in [1.29, 1.82) is 0 Å². The maximum Gasteiger partial charge on any atom is 0.317 e. The smallest absolute Gasteiger partial charge is 0.317 e. The van der Waals surface area contributed by atoms with Gasteiger partial charge in [-0.15, -0.1) is 0 Å². The van der Waals surface area contributed by atoms with Crippen LogP contribution < -0.4 is 5.32 Å². The molecule has 0 spiro atoms. The van der Waals surface area contributed by atoms with E-state index in [9.17, 15) is 9.90 Å². The van der Waals surface area contributed by atoms with Crippen LogP contribution in [0.4, 0.5) is 0 Å². The van der Waals surface area contributed by atoms with E-state index in [4.69, 9.17) is 30.6 Å². The molecule has 0 aromatic rings. The van der Waals surface area contributed by atoms with E-state index in [1.54, 1.807) is 0 Å². The van der Waals surface area contributed by atoms with Gasteiger partial charge in [0.05, 0.1) is 32.0 Å². The molecular weight excluding hydrogens is 384 g/mol. The number of carboxylic acid groups (broad SMARTS) is 1. The number of aliphatic hydroxyl groups excluding tert-OH is 6. The third-order valence-corrected chi connectivity index (χ3v) is 3.72. The van der Waals surface area contributed by atoms with Crippen LogP contribution in [0.2, 0.25) is 0 Å². The highest BCUT2D eigenvalue weighted by Gasteiger charge is 2.08. The third kappa shape index (κ3) is 32.0. The van der Waals surface area contributed by atoms with Crippen LogP contribution in [0.25, 0.3) is 0 Å². The second-order valence-electron chi connectivity index (χ2n) is 6.40. The fourth-order valence-corrected chi connectivity index (χ4v) is 1.89. The molecular formula is C19H44N2O8. The van der Waals surface area contributed by atoms with Crippen molar-refractivity contribution in [3.05, 3.63) is 0 Å². The molecule has 0 saturated heterocycles. The van der Waals surface area contributed by atoms with Gasteiger partial charge < -0.3 is 41.1 Å². The molecule has 0 radical (unpaired) electrons. The molecule has 0 saturated carbocycles. The molecule has 29 heavy (non-hydrogen) atoms. The van der Waals surface area contributed by atoms with E-state index in [0.29, 0.717) is 39.0 Å². The summed E-state index contributed by atoms with van der Waals surface area (Å²) in [7, 11) is 0. The van der Waals surface area contributed by atoms with Crippen LogP contribution in [0.15, 0.2) is 0 Å². The molecule has 0 aliphatic carbocycles. The number of rotatable bonds is 16. The molecule has 0 aromatic carbocycles. The summed E-state index contributed by atoms with van der Waals surface area (Å²) < 4.78 is 0. The Kier molecular flexibility index (Phi) is 30.7. The molecule has 0 amide bonds. The number of carboxylic acids is 1. The minimum atomic E-state index is -0.900. The number of unbranched alkanes of at least 4 members (excludes halogenated alkanes) is 2. The van der Waals surface area contributed by atoms with Gasteiger partial charge in [0, 0.05) is 39.4 Å². The highest BCUT2D eigenvalue weighted by Crippen LogP contribution is 1.95. The number of aliphatic carboxylic acids is 1. The first kappa shape index (κ1) is 32.8. The molecule has 0 heterocycles. The largest absolute Gasteiger partial charge is 0.480 e. The van der Waals surface area contributed by atoms with Crippen molar-refractivity contribution in [1.82, 2.24) is 10.2 Å². The summed E-state index contributed by atoms with van der Waals surface area (Å²) in [5.41, 5.74) is 0. The summed E-state index contributed by atoms with van der Waals surface area (Å²) in [4.78, 5) is 11.8. The predicted molar refractivity (Wildman–Crippen MR) is 112 cm³/mol. The van der Waals surface area contributed by atoms with Crippen LogP contribution in [0, 0.1) is 0 Å². The highest BCUT2D eigenvalue weighted by molar-refractivity contribution is 5.68. The molecule has 8 N–H and O–H groups in total. The fourth-order valence-electron chi connectivity index (χ4n) is 1.89. The Hall–Kier alpha value is -0.850. The van der Waals surface area contributed by atoms with E-state index in [1.807, 2.05) is 18.7 Å². The number of carbonyl (C=O) groups is 1. The van der Waals surface area contributed by atoms with E-state index in [-0.39, 0.29) is 39.1 Å². The number of nitrogens with one attached hydrogen (secondary N) is 1. The molecule has 0 aliphatic heterocycles. The van der Waals surface area contributed by atoms with Crippen molar-refractivity contribution in [2.45, 2.75) is 58.2 Å². The lowest BCUT2D eigenvalue weighted by atomic mass is 10.2. The summed E-state index contributed by atoms with van der Waals surface area (Å²) in [6, 6.07) is 0. The first-order valence-corrected chi connectivity index (χ1v) is 10.3. The van der Waals surface area contributed by atoms with Crippen molar-refractivity contribution in [2.75, 3.05) is 59.2 Å². The van der Waals surface area contributed by atoms with Crippen LogP contribution in [0.1, 0.15) is 46.0 Å². The van der Waals surface area contributed by atoms with Gasteiger partial charge in [-0.3, -0.25) is 9.69 Å². The second kappa shape index (κ2) is 27.1. The molecule has 0 aliphatic rings. The Bertz CT molecular complexity index is 315. The lowest BCUT2D eigenvalue weighted by Gasteiger charge is -2.22. The number of nitrogens with zero attached hydrogens (tertiary/aromatic N) is 1. The van der Waals surface area contributed by atoms with Gasteiger partial charge in [-0.25, -0.2) is 0 Å². The van der Waals surface area contributed by atoms with Crippen LogP contribution in [-0.4, -0.2) is 118 Å². The van der Waals surface area contributed by atoms with Gasteiger partial charge in [0.15, 0.2) is 0 Å². The van der Waals surface area contributed by atoms with E-state index in [1.165, 1.54) is 0 Å². The minimum absolute atomic E-state index is 0.0659. The maximum atomic E-state index is 9.92. The predicted octanol–water partition coefficient (Wildman–Crippen LogP) is -1.38. The zero-order valence-corrected chi connectivity index (χ0v) is 18.0. The van der Waals surface area contributed by atoms with Crippen molar-refractivity contribution in [2.24, 2.45) is 0 Å². The average molecular weight is 429 g/mol. The Morgan fingerprint density at radius 2 is 1.31 bits per heavy atom. The second-order valence-corrected chi connectivity index (χ2v) is 6.40. The summed E-state index contributed by atoms with van der Waals surface area (Å²) >= 11 is 0. The lowest BCUT2D eigenvalue weighted by molar-refractivity contribution is -0.136. The quantitative estimate of drug-likeness (QED) is 0.137. The fraction of sp³-hybridized carbons (Fsp3) is 0.947. The van der Waals surface area contributed by atoms with Crippen LogP contribution in [0.5, 0.6) is 0 Å². The van der Waals surface area contributed by atoms with E-state index in [0.717, 1.165) is 19.3 Å². The molecule has 0 rings (SSSR count). The summed E-state index contributed by atoms with van der Waals surface area (Å²) in [5, 5.41) is 62.6. The van der Waals surface area contributed by atoms with Crippen molar-refractivity contribution >= 4 is 5.97 Å². The monoisotopic (exact) mass is 428 g/mol. The number of hydrogen-bond donors (Lipinski definition) is 8. The molecule has 0 fully saturated rings. The molecule has 10 heteroatoms. The van der Waals surface area contributed by atoms with Crippen molar-refractivity contribution in [3.63, 3.8) is 0 Å². The van der Waals surface area contributed by atoms with Crippen LogP contribution >= 0.6 is 0 Å². The maximum absolute atomic E-state index is 9.92. The summed E-state index contributed by atoms with van der Waals surface area (Å²) in [5.74, 6) is -0.900. The molecule has 10 nitrogen and oxygen atoms in total. The summed E-state index contributed by atoms with van der Waals surface area (Å²) in [6.07, 6.45) is 3.14. The Balaban J connectivity index is -0.000000362. The summed E-state index contributed by atoms with van der Waals surface area (Å²) in [6.45, 7) is 6.19. The van der Waals surface area contributed by atoms with Crippen molar-refractivity contribution < 1.29 is 40.5 Å². The minimum Gasteiger partial charge on any atom is -0.480 e. The third-order valence-electron chi connectivity index (χ3n) is 3.72. The van der Waals surface area contributed by atoms with Gasteiger partial charge in [-0.2, -0.15) is 0 Å². The van der Waals surface area contributed by atoms with Gasteiger partial charge in [0.1, 0.15) is 0 Å². The number of aliphatic hydroxyl groups is 6. The van der Waals surface area contributed by atoms with Crippen LogP contribution in [-0.2, 0) is 4.79 Å². The first-order valence-electron chi connectivity index (χ1n) is 10.3. The van der Waals surface area contributed by atoms with Gasteiger partial charge in [0.25, 0.3) is 0 Å². The van der Waals surface area contributed by atoms with Gasteiger partial charge in [-0.05, 0) is 32.1 Å². The van der Waals surface area contributed by atoms with E-state index < -0.39 is 12.1 Å². The normalized spacial score (nSPS) is 12.4. The van der Waals surface area contributed by atoms with E-state index in [2.05, 4.69) is 5.32 Å². The molecule has 2 unspecified atom stereocenters. The molecule has 0 aromatic heterocycles.